The number of rotatable bonds is 63. The molecule has 82 heavy (non-hydrogen) atoms. The molecule has 0 fully saturated rings. The van der Waals surface area contributed by atoms with E-state index in [1.807, 2.05) is 33.3 Å². The van der Waals surface area contributed by atoms with Crippen LogP contribution < -0.4 is 10.2 Å². The van der Waals surface area contributed by atoms with Gasteiger partial charge in [0, 0.05) is 12.8 Å². The van der Waals surface area contributed by atoms with E-state index in [1.165, 1.54) is 193 Å². The second-order valence-corrected chi connectivity index (χ2v) is 26.1. The molecule has 0 rings (SSSR count). The Morgan fingerprint density at radius 3 is 1.18 bits per heavy atom. The fourth-order valence-electron chi connectivity index (χ4n) is 10.1. The lowest BCUT2D eigenvalue weighted by molar-refractivity contribution is -0.870. The average Bonchev–Trinajstić information content (AvgIpc) is 3.47. The number of ether oxygens (including phenoxy) is 1. The lowest BCUT2D eigenvalue weighted by atomic mass is 10.0. The largest absolute Gasteiger partial charge is 0.756 e. The second kappa shape index (κ2) is 61.5. The van der Waals surface area contributed by atoms with Gasteiger partial charge in [-0.1, -0.05) is 306 Å². The molecule has 0 aliphatic rings. The third-order valence-electron chi connectivity index (χ3n) is 15.4. The highest BCUT2D eigenvalue weighted by atomic mass is 31.2. The van der Waals surface area contributed by atoms with Crippen molar-refractivity contribution in [2.45, 2.75) is 335 Å². The topological polar surface area (TPSA) is 114 Å². The molecular weight excluding hydrogens is 1040 g/mol. The van der Waals surface area contributed by atoms with Crippen LogP contribution in [0.25, 0.3) is 0 Å². The summed E-state index contributed by atoms with van der Waals surface area (Å²) >= 11 is 0. The minimum absolute atomic E-state index is 0.0300. The Kier molecular flexibility index (Phi) is 59.6. The van der Waals surface area contributed by atoms with Gasteiger partial charge in [-0.2, -0.15) is 0 Å². The predicted octanol–water partition coefficient (Wildman–Crippen LogP) is 21.3. The summed E-state index contributed by atoms with van der Waals surface area (Å²) in [5.41, 5.74) is 0. The third kappa shape index (κ3) is 62.0. The molecule has 0 aromatic heterocycles. The summed E-state index contributed by atoms with van der Waals surface area (Å²) in [7, 11) is 1.17. The zero-order chi connectivity index (χ0) is 60.0. The molecule has 1 N–H and O–H groups in total. The maximum atomic E-state index is 13.6. The lowest BCUT2D eigenvalue weighted by Gasteiger charge is -2.30. The van der Waals surface area contributed by atoms with Gasteiger partial charge in [0.05, 0.1) is 33.8 Å². The Labute approximate surface area is 508 Å². The number of esters is 1. The van der Waals surface area contributed by atoms with E-state index in [-0.39, 0.29) is 31.3 Å². The molecule has 0 aromatic carbocycles. The number of hydrogen-bond acceptors (Lipinski definition) is 7. The van der Waals surface area contributed by atoms with E-state index in [4.69, 9.17) is 13.8 Å². The number of carbonyl (C=O) groups excluding carboxylic acids is 2. The van der Waals surface area contributed by atoms with E-state index in [9.17, 15) is 19.0 Å². The molecule has 0 saturated heterocycles. The number of phosphoric ester groups is 1. The standard InChI is InChI=1S/C72H133N2O7P/c1-7-10-13-16-19-22-25-28-30-32-34-35-36-37-38-39-41-43-45-47-50-53-56-59-62-65-72(76)81-70(63-60-57-54-51-48-27-24-21-18-15-12-9-3)69(68-80-82(77,78)79-67-66-74(4,5)6)73-71(75)64-61-58-55-52-49-46-44-42-40-33-31-29-26-23-20-17-14-11-8-2/h11,14,20,23,29,31,40,42,46,49,60,63,69-70H,7-10,12-13,15-19,21-22,24-28,30,32-39,41,43-45,47-48,50-59,61-62,64-68H2,1-6H3,(H-,73,75,77,78)/b14-11-,23-20-,31-29-,42-40-,49-46-,63-60-. The van der Waals surface area contributed by atoms with Crippen LogP contribution in [0.4, 0.5) is 0 Å². The highest BCUT2D eigenvalue weighted by Gasteiger charge is 2.27. The van der Waals surface area contributed by atoms with Crippen molar-refractivity contribution in [3.8, 4) is 0 Å². The van der Waals surface area contributed by atoms with E-state index in [0.717, 1.165) is 89.9 Å². The van der Waals surface area contributed by atoms with Gasteiger partial charge in [0.15, 0.2) is 0 Å². The number of unbranched alkanes of at least 4 members (excludes halogenated alkanes) is 37. The maximum Gasteiger partial charge on any atom is 0.306 e. The third-order valence-corrected chi connectivity index (χ3v) is 16.4. The molecule has 1 amide bonds. The first-order valence-electron chi connectivity index (χ1n) is 34.7. The summed E-state index contributed by atoms with van der Waals surface area (Å²) < 4.78 is 30.4. The maximum absolute atomic E-state index is 13.6. The first-order valence-corrected chi connectivity index (χ1v) is 36.2. The summed E-state index contributed by atoms with van der Waals surface area (Å²) in [6.07, 6.45) is 80.4. The molecule has 0 aliphatic carbocycles. The van der Waals surface area contributed by atoms with Gasteiger partial charge in [-0.05, 0) is 76.7 Å². The number of nitrogens with zero attached hydrogens (tertiary/aromatic N) is 1. The number of hydrogen-bond donors (Lipinski definition) is 1. The first-order chi connectivity index (χ1) is 39.9. The van der Waals surface area contributed by atoms with Crippen LogP contribution in [0.2, 0.25) is 0 Å². The predicted molar refractivity (Wildman–Crippen MR) is 353 cm³/mol. The van der Waals surface area contributed by atoms with Gasteiger partial charge in [-0.15, -0.1) is 0 Å². The van der Waals surface area contributed by atoms with Crippen LogP contribution in [0, 0.1) is 0 Å². The molecule has 0 heterocycles. The molecule has 0 saturated carbocycles. The van der Waals surface area contributed by atoms with Crippen molar-refractivity contribution < 1.29 is 37.3 Å². The number of carbonyl (C=O) groups is 2. The minimum atomic E-state index is -4.71. The van der Waals surface area contributed by atoms with Crippen molar-refractivity contribution in [3.05, 3.63) is 72.9 Å². The number of phosphoric acid groups is 1. The number of quaternary nitrogens is 1. The molecule has 478 valence electrons. The van der Waals surface area contributed by atoms with Crippen LogP contribution in [0.1, 0.15) is 323 Å². The molecule has 0 spiro atoms. The molecule has 0 aromatic rings. The SMILES string of the molecule is CC/C=C\C/C=C\C/C=C\C/C=C\C/C=C\CCCCCC(=O)NC(COP(=O)([O-])OCC[N+](C)(C)C)C(/C=C\CCCCCCCCCCCC)OC(=O)CCCCCCCCCCCCCCCCCCCCCCCCCCC. The molecular formula is C72H133N2O7P. The Morgan fingerprint density at radius 1 is 0.439 bits per heavy atom. The van der Waals surface area contributed by atoms with Crippen molar-refractivity contribution in [2.24, 2.45) is 0 Å². The van der Waals surface area contributed by atoms with Gasteiger partial charge in [-0.25, -0.2) is 0 Å². The van der Waals surface area contributed by atoms with Crippen LogP contribution in [-0.4, -0.2) is 69.4 Å². The van der Waals surface area contributed by atoms with Crippen LogP contribution in [-0.2, 0) is 27.9 Å². The molecule has 0 radical (unpaired) electrons. The second-order valence-electron chi connectivity index (χ2n) is 24.7. The first kappa shape index (κ1) is 79.5. The fraction of sp³-hybridized carbons (Fsp3) is 0.806. The van der Waals surface area contributed by atoms with Crippen molar-refractivity contribution in [2.75, 3.05) is 40.9 Å². The van der Waals surface area contributed by atoms with Gasteiger partial charge in [-0.3, -0.25) is 14.2 Å². The quantitative estimate of drug-likeness (QED) is 0.0212. The van der Waals surface area contributed by atoms with Crippen LogP contribution in [0.5, 0.6) is 0 Å². The van der Waals surface area contributed by atoms with E-state index in [1.54, 1.807) is 0 Å². The van der Waals surface area contributed by atoms with Crippen LogP contribution >= 0.6 is 7.82 Å². The van der Waals surface area contributed by atoms with Gasteiger partial charge in [0.2, 0.25) is 5.91 Å². The average molecular weight is 1170 g/mol. The highest BCUT2D eigenvalue weighted by Crippen LogP contribution is 2.38. The number of amides is 1. The molecule has 0 aliphatic heterocycles. The van der Waals surface area contributed by atoms with Gasteiger partial charge in [0.1, 0.15) is 19.3 Å². The Hall–Kier alpha value is -2.55. The number of likely N-dealkylation sites (N-methyl/N-ethyl adjacent to an activating group) is 1. The summed E-state index contributed by atoms with van der Waals surface area (Å²) in [5.74, 6) is -0.569. The fourth-order valence-corrected chi connectivity index (χ4v) is 10.8. The summed E-state index contributed by atoms with van der Waals surface area (Å²) in [6, 6.07) is -0.907. The minimum Gasteiger partial charge on any atom is -0.756 e. The zero-order valence-corrected chi connectivity index (χ0v) is 55.6. The summed E-state index contributed by atoms with van der Waals surface area (Å²) in [6.45, 7) is 6.74. The van der Waals surface area contributed by atoms with Crippen LogP contribution in [0.15, 0.2) is 72.9 Å². The smallest absolute Gasteiger partial charge is 0.306 e. The molecule has 9 nitrogen and oxygen atoms in total. The van der Waals surface area contributed by atoms with Gasteiger partial charge >= 0.3 is 5.97 Å². The van der Waals surface area contributed by atoms with E-state index >= 15 is 0 Å². The summed E-state index contributed by atoms with van der Waals surface area (Å²) in [4.78, 5) is 40.1. The molecule has 10 heteroatoms. The zero-order valence-electron chi connectivity index (χ0n) is 54.7. The number of allylic oxidation sites excluding steroid dienone is 11. The van der Waals surface area contributed by atoms with Crippen molar-refractivity contribution in [1.29, 1.82) is 0 Å². The van der Waals surface area contributed by atoms with Crippen molar-refractivity contribution >= 4 is 19.7 Å². The van der Waals surface area contributed by atoms with E-state index < -0.39 is 26.6 Å². The molecule has 3 unspecified atom stereocenters. The van der Waals surface area contributed by atoms with E-state index in [0.29, 0.717) is 17.4 Å². The normalized spacial score (nSPS) is 14.0. The Morgan fingerprint density at radius 2 is 0.780 bits per heavy atom. The van der Waals surface area contributed by atoms with Crippen molar-refractivity contribution in [3.63, 3.8) is 0 Å². The Balaban J connectivity index is 5.10. The van der Waals surface area contributed by atoms with Gasteiger partial charge < -0.3 is 28.5 Å². The molecule has 3 atom stereocenters. The lowest BCUT2D eigenvalue weighted by Crippen LogP contribution is -2.47. The van der Waals surface area contributed by atoms with Gasteiger partial charge in [0.25, 0.3) is 7.82 Å². The van der Waals surface area contributed by atoms with E-state index in [2.05, 4.69) is 86.8 Å². The van der Waals surface area contributed by atoms with Crippen molar-refractivity contribution in [1.82, 2.24) is 5.32 Å². The Bertz CT molecular complexity index is 1630. The van der Waals surface area contributed by atoms with Crippen LogP contribution in [0.3, 0.4) is 0 Å². The number of nitrogens with one attached hydrogen (secondary N) is 1. The summed E-state index contributed by atoms with van der Waals surface area (Å²) in [5, 5.41) is 3.02. The monoisotopic (exact) mass is 1170 g/mol. The molecule has 0 bridgehead atoms. The highest BCUT2D eigenvalue weighted by molar-refractivity contribution is 7.45.